The highest BCUT2D eigenvalue weighted by Gasteiger charge is 2.12. The molecule has 0 heterocycles. The van der Waals surface area contributed by atoms with Crippen LogP contribution in [0.3, 0.4) is 0 Å². The third-order valence-corrected chi connectivity index (χ3v) is 2.22. The lowest BCUT2D eigenvalue weighted by molar-refractivity contribution is -0.146. The van der Waals surface area contributed by atoms with Crippen LogP contribution >= 0.6 is 0 Å². The molecule has 1 unspecified atom stereocenters. The Balaban J connectivity index is 2.49. The number of carbonyl (C=O) groups excluding carboxylic acids is 1. The molecule has 0 spiro atoms. The Morgan fingerprint density at radius 1 is 1.37 bits per heavy atom. The Bertz CT molecular complexity index is 529. The lowest BCUT2D eigenvalue weighted by atomic mass is 10.1. The molecule has 6 heteroatoms. The van der Waals surface area contributed by atoms with Crippen molar-refractivity contribution >= 4 is 18.0 Å². The molecule has 6 nitrogen and oxygen atoms in total. The molecule has 0 bridgehead atoms. The van der Waals surface area contributed by atoms with Gasteiger partial charge in [-0.25, -0.2) is 4.79 Å². The number of aliphatic carboxylic acids is 1. The molecule has 19 heavy (non-hydrogen) atoms. The minimum atomic E-state index is -1.62. The Hall–Kier alpha value is -2.65. The minimum absolute atomic E-state index is 0.355. The summed E-state index contributed by atoms with van der Waals surface area (Å²) in [5.41, 5.74) is 1.25. The number of benzene rings is 1. The molecule has 1 aromatic carbocycles. The molecular weight excluding hydrogens is 248 g/mol. The number of rotatable bonds is 5. The third kappa shape index (κ3) is 5.02. The number of nitriles is 1. The molecule has 0 aliphatic rings. The van der Waals surface area contributed by atoms with Crippen molar-refractivity contribution < 1.29 is 19.8 Å². The lowest BCUT2D eigenvalue weighted by Crippen LogP contribution is -2.35. The zero-order valence-corrected chi connectivity index (χ0v) is 9.91. The van der Waals surface area contributed by atoms with Gasteiger partial charge < -0.3 is 15.5 Å². The van der Waals surface area contributed by atoms with Crippen LogP contribution in [0.25, 0.3) is 6.08 Å². The third-order valence-electron chi connectivity index (χ3n) is 2.22. The number of aliphatic hydroxyl groups is 1. The average Bonchev–Trinajstić information content (AvgIpc) is 2.42. The van der Waals surface area contributed by atoms with Crippen molar-refractivity contribution in [1.29, 1.82) is 5.26 Å². The van der Waals surface area contributed by atoms with Gasteiger partial charge in [0.25, 0.3) is 0 Å². The molecule has 0 aromatic heterocycles. The van der Waals surface area contributed by atoms with E-state index in [0.717, 1.165) is 5.56 Å². The Morgan fingerprint density at radius 2 is 2.00 bits per heavy atom. The van der Waals surface area contributed by atoms with E-state index in [2.05, 4.69) is 5.32 Å². The van der Waals surface area contributed by atoms with Gasteiger partial charge in [-0.05, 0) is 23.8 Å². The Labute approximate surface area is 109 Å². The number of amides is 1. The highest BCUT2D eigenvalue weighted by molar-refractivity contribution is 5.92. The number of nitrogens with one attached hydrogen (secondary N) is 1. The fraction of sp³-hybridized carbons (Fsp3) is 0.154. The Kier molecular flexibility index (Phi) is 5.26. The fourth-order valence-electron chi connectivity index (χ4n) is 1.18. The molecule has 0 fully saturated rings. The van der Waals surface area contributed by atoms with Gasteiger partial charge in [0.2, 0.25) is 5.91 Å². The van der Waals surface area contributed by atoms with Gasteiger partial charge in [-0.2, -0.15) is 5.26 Å². The van der Waals surface area contributed by atoms with Crippen LogP contribution < -0.4 is 5.32 Å². The number of hydrogen-bond donors (Lipinski definition) is 3. The second-order valence-electron chi connectivity index (χ2n) is 3.67. The van der Waals surface area contributed by atoms with E-state index in [1.807, 2.05) is 6.07 Å². The van der Waals surface area contributed by atoms with E-state index in [-0.39, 0.29) is 6.54 Å². The summed E-state index contributed by atoms with van der Waals surface area (Å²) in [6.07, 6.45) is 1.12. The van der Waals surface area contributed by atoms with E-state index in [1.165, 1.54) is 12.2 Å². The maximum atomic E-state index is 11.3. The Morgan fingerprint density at radius 3 is 2.53 bits per heavy atom. The molecule has 1 amide bonds. The number of carboxylic acid groups (broad SMARTS) is 1. The van der Waals surface area contributed by atoms with E-state index in [9.17, 15) is 9.59 Å². The number of carboxylic acids is 1. The van der Waals surface area contributed by atoms with E-state index in [1.54, 1.807) is 24.3 Å². The summed E-state index contributed by atoms with van der Waals surface area (Å²) >= 11 is 0. The molecule has 0 saturated carbocycles. The van der Waals surface area contributed by atoms with Crippen molar-refractivity contribution in [2.24, 2.45) is 0 Å². The first kappa shape index (κ1) is 14.4. The summed E-state index contributed by atoms with van der Waals surface area (Å²) in [6, 6.07) is 8.56. The summed E-state index contributed by atoms with van der Waals surface area (Å²) < 4.78 is 0. The van der Waals surface area contributed by atoms with Crippen LogP contribution in [0.4, 0.5) is 0 Å². The standard InChI is InChI=1S/C13H12N2O4/c14-7-10-3-1-9(2-4-10)5-6-12(17)15-8-11(16)13(18)19/h1-6,11,16H,8H2,(H,15,17)(H,18,19). The predicted octanol–water partition coefficient (Wildman–Crippen LogP) is 0.133. The summed E-state index contributed by atoms with van der Waals surface area (Å²) in [5, 5.41) is 28.2. The first-order valence-electron chi connectivity index (χ1n) is 5.40. The topological polar surface area (TPSA) is 110 Å². The van der Waals surface area contributed by atoms with Crippen LogP contribution in [-0.4, -0.2) is 34.7 Å². The quantitative estimate of drug-likeness (QED) is 0.652. The highest BCUT2D eigenvalue weighted by Crippen LogP contribution is 2.04. The molecular formula is C13H12N2O4. The van der Waals surface area contributed by atoms with Crippen molar-refractivity contribution in [2.75, 3.05) is 6.54 Å². The second-order valence-corrected chi connectivity index (χ2v) is 3.67. The van der Waals surface area contributed by atoms with Crippen LogP contribution in [0.1, 0.15) is 11.1 Å². The van der Waals surface area contributed by atoms with E-state index >= 15 is 0 Å². The van der Waals surface area contributed by atoms with Gasteiger partial charge >= 0.3 is 5.97 Å². The number of aliphatic hydroxyl groups excluding tert-OH is 1. The van der Waals surface area contributed by atoms with Crippen molar-refractivity contribution in [3.63, 3.8) is 0 Å². The van der Waals surface area contributed by atoms with Crippen LogP contribution in [0.15, 0.2) is 30.3 Å². The van der Waals surface area contributed by atoms with Crippen LogP contribution in [0, 0.1) is 11.3 Å². The van der Waals surface area contributed by atoms with Crippen molar-refractivity contribution in [3.8, 4) is 6.07 Å². The van der Waals surface area contributed by atoms with E-state index in [0.29, 0.717) is 5.56 Å². The highest BCUT2D eigenvalue weighted by atomic mass is 16.4. The zero-order valence-electron chi connectivity index (χ0n) is 9.91. The average molecular weight is 260 g/mol. The van der Waals surface area contributed by atoms with Crippen LogP contribution in [-0.2, 0) is 9.59 Å². The number of hydrogen-bond acceptors (Lipinski definition) is 4. The summed E-state index contributed by atoms with van der Waals surface area (Å²) in [6.45, 7) is -0.355. The van der Waals surface area contributed by atoms with Gasteiger partial charge in [-0.3, -0.25) is 4.79 Å². The summed E-state index contributed by atoms with van der Waals surface area (Å²) in [5.74, 6) is -1.90. The van der Waals surface area contributed by atoms with Gasteiger partial charge in [0.1, 0.15) is 0 Å². The van der Waals surface area contributed by atoms with Crippen molar-refractivity contribution in [3.05, 3.63) is 41.5 Å². The van der Waals surface area contributed by atoms with Crippen molar-refractivity contribution in [2.45, 2.75) is 6.10 Å². The number of nitrogens with zero attached hydrogens (tertiary/aromatic N) is 1. The van der Waals surface area contributed by atoms with Gasteiger partial charge in [0.15, 0.2) is 6.10 Å². The molecule has 0 aliphatic heterocycles. The molecule has 0 aliphatic carbocycles. The molecule has 3 N–H and O–H groups in total. The van der Waals surface area contributed by atoms with Gasteiger partial charge in [0.05, 0.1) is 18.2 Å². The maximum Gasteiger partial charge on any atom is 0.334 e. The predicted molar refractivity (Wildman–Crippen MR) is 66.8 cm³/mol. The molecule has 1 atom stereocenters. The molecule has 1 rings (SSSR count). The smallest absolute Gasteiger partial charge is 0.334 e. The number of carbonyl (C=O) groups is 2. The van der Waals surface area contributed by atoms with Crippen LogP contribution in [0.2, 0.25) is 0 Å². The van der Waals surface area contributed by atoms with E-state index < -0.39 is 18.0 Å². The normalized spacial score (nSPS) is 11.8. The monoisotopic (exact) mass is 260 g/mol. The zero-order chi connectivity index (χ0) is 14.3. The van der Waals surface area contributed by atoms with Gasteiger partial charge in [0, 0.05) is 6.08 Å². The van der Waals surface area contributed by atoms with Crippen molar-refractivity contribution in [1.82, 2.24) is 5.32 Å². The fourth-order valence-corrected chi connectivity index (χ4v) is 1.18. The first-order valence-corrected chi connectivity index (χ1v) is 5.40. The minimum Gasteiger partial charge on any atom is -0.479 e. The first-order chi connectivity index (χ1) is 9.02. The van der Waals surface area contributed by atoms with E-state index in [4.69, 9.17) is 15.5 Å². The molecule has 0 radical (unpaired) electrons. The molecule has 0 saturated heterocycles. The van der Waals surface area contributed by atoms with Crippen LogP contribution in [0.5, 0.6) is 0 Å². The summed E-state index contributed by atoms with van der Waals surface area (Å²) in [7, 11) is 0. The largest absolute Gasteiger partial charge is 0.479 e. The lowest BCUT2D eigenvalue weighted by Gasteiger charge is -2.05. The second kappa shape index (κ2) is 6.93. The van der Waals surface area contributed by atoms with Gasteiger partial charge in [-0.1, -0.05) is 12.1 Å². The van der Waals surface area contributed by atoms with Gasteiger partial charge in [-0.15, -0.1) is 0 Å². The molecule has 98 valence electrons. The maximum absolute atomic E-state index is 11.3. The molecule has 1 aromatic rings. The summed E-state index contributed by atoms with van der Waals surface area (Å²) in [4.78, 5) is 21.6. The SMILES string of the molecule is N#Cc1ccc(C=CC(=O)NCC(O)C(=O)O)cc1.